The molecule has 0 fully saturated rings. The van der Waals surface area contributed by atoms with E-state index >= 15 is 0 Å². The van der Waals surface area contributed by atoms with Gasteiger partial charge in [-0.05, 0) is 52.6 Å². The van der Waals surface area contributed by atoms with Crippen molar-refractivity contribution >= 4 is 53.4 Å². The van der Waals surface area contributed by atoms with Gasteiger partial charge in [0, 0.05) is 42.1 Å². The first kappa shape index (κ1) is 28.6. The van der Waals surface area contributed by atoms with Crippen LogP contribution in [-0.4, -0.2) is 9.97 Å². The largest absolute Gasteiger partial charge is 0.455 e. The predicted octanol–water partition coefficient (Wildman–Crippen LogP) is 13.1. The number of fused-ring (bicyclic) bond motifs is 6. The van der Waals surface area contributed by atoms with Gasteiger partial charge < -0.3 is 4.42 Å². The van der Waals surface area contributed by atoms with Crippen LogP contribution >= 0.6 is 11.3 Å². The molecule has 3 heterocycles. The zero-order valence-corrected chi connectivity index (χ0v) is 27.7. The Morgan fingerprint density at radius 2 is 0.960 bits per heavy atom. The first-order valence-electron chi connectivity index (χ1n) is 16.7. The first-order chi connectivity index (χ1) is 24.8. The molecule has 0 bridgehead atoms. The molecule has 0 radical (unpaired) electrons. The lowest BCUT2D eigenvalue weighted by Crippen LogP contribution is -1.96. The molecular formula is C46H28N2OS. The van der Waals surface area contributed by atoms with Gasteiger partial charge in [-0.25, -0.2) is 9.97 Å². The number of furan rings is 1. The number of thiophene rings is 1. The van der Waals surface area contributed by atoms with Crippen molar-refractivity contribution in [1.29, 1.82) is 0 Å². The van der Waals surface area contributed by atoms with E-state index in [1.165, 1.54) is 31.3 Å². The number of nitrogens with zero attached hydrogens (tertiary/aromatic N) is 2. The summed E-state index contributed by atoms with van der Waals surface area (Å²) in [4.78, 5) is 10.4. The summed E-state index contributed by atoms with van der Waals surface area (Å²) in [5.41, 5.74) is 10.9. The highest BCUT2D eigenvalue weighted by Gasteiger charge is 2.20. The molecule has 0 amide bonds. The topological polar surface area (TPSA) is 38.9 Å². The first-order valence-corrected chi connectivity index (χ1v) is 17.6. The van der Waals surface area contributed by atoms with Crippen molar-refractivity contribution in [3.63, 3.8) is 0 Å². The van der Waals surface area contributed by atoms with E-state index in [9.17, 15) is 0 Å². The minimum Gasteiger partial charge on any atom is -0.455 e. The number of hydrogen-bond donors (Lipinski definition) is 0. The van der Waals surface area contributed by atoms with Crippen molar-refractivity contribution in [1.82, 2.24) is 9.97 Å². The molecule has 0 saturated carbocycles. The van der Waals surface area contributed by atoms with Gasteiger partial charge in [-0.1, -0.05) is 140 Å². The Balaban J connectivity index is 1.17. The molecular weight excluding hydrogens is 629 g/mol. The number of benzene rings is 7. The number of rotatable bonds is 5. The molecule has 0 spiro atoms. The number of para-hydroxylation sites is 1. The molecule has 0 unspecified atom stereocenters. The average molecular weight is 657 g/mol. The Morgan fingerprint density at radius 1 is 0.400 bits per heavy atom. The van der Waals surface area contributed by atoms with E-state index in [0.29, 0.717) is 5.82 Å². The third-order valence-electron chi connectivity index (χ3n) is 9.54. The molecule has 50 heavy (non-hydrogen) atoms. The van der Waals surface area contributed by atoms with E-state index in [1.807, 2.05) is 47.7 Å². The predicted molar refractivity (Wildman–Crippen MR) is 209 cm³/mol. The molecule has 0 N–H and O–H groups in total. The Hall–Kier alpha value is -6.36. The van der Waals surface area contributed by atoms with E-state index in [4.69, 9.17) is 14.4 Å². The Kier molecular flexibility index (Phi) is 6.68. The lowest BCUT2D eigenvalue weighted by molar-refractivity contribution is 0.669. The molecule has 10 aromatic rings. The van der Waals surface area contributed by atoms with E-state index in [0.717, 1.165) is 61.1 Å². The van der Waals surface area contributed by atoms with Crippen molar-refractivity contribution in [3.8, 4) is 56.2 Å². The minimum absolute atomic E-state index is 0.629. The van der Waals surface area contributed by atoms with Crippen LogP contribution in [0.1, 0.15) is 0 Å². The maximum atomic E-state index is 6.71. The van der Waals surface area contributed by atoms with Crippen LogP contribution in [0.2, 0.25) is 0 Å². The molecule has 4 heteroatoms. The van der Waals surface area contributed by atoms with Crippen molar-refractivity contribution in [2.45, 2.75) is 0 Å². The molecule has 0 aliphatic carbocycles. The van der Waals surface area contributed by atoms with Gasteiger partial charge in [0.25, 0.3) is 0 Å². The minimum atomic E-state index is 0.629. The van der Waals surface area contributed by atoms with Crippen molar-refractivity contribution < 1.29 is 4.42 Å². The molecule has 0 atom stereocenters. The Labute approximate surface area is 292 Å². The molecule has 3 aromatic heterocycles. The van der Waals surface area contributed by atoms with Gasteiger partial charge in [-0.15, -0.1) is 11.3 Å². The second-order valence-corrected chi connectivity index (χ2v) is 13.6. The van der Waals surface area contributed by atoms with E-state index in [-0.39, 0.29) is 0 Å². The molecule has 3 nitrogen and oxygen atoms in total. The highest BCUT2D eigenvalue weighted by molar-refractivity contribution is 7.25. The number of hydrogen-bond acceptors (Lipinski definition) is 4. The van der Waals surface area contributed by atoms with Crippen LogP contribution in [0, 0.1) is 0 Å². The smallest absolute Gasteiger partial charge is 0.164 e. The van der Waals surface area contributed by atoms with Crippen LogP contribution in [0.4, 0.5) is 0 Å². The normalized spacial score (nSPS) is 11.6. The molecule has 10 rings (SSSR count). The van der Waals surface area contributed by atoms with Crippen LogP contribution in [0.3, 0.4) is 0 Å². The second kappa shape index (κ2) is 11.7. The van der Waals surface area contributed by atoms with Crippen LogP contribution in [0.5, 0.6) is 0 Å². The molecule has 0 aliphatic rings. The zero-order chi connectivity index (χ0) is 33.0. The summed E-state index contributed by atoms with van der Waals surface area (Å²) < 4.78 is 9.29. The Morgan fingerprint density at radius 3 is 1.74 bits per heavy atom. The molecule has 0 saturated heterocycles. The van der Waals surface area contributed by atoms with Crippen LogP contribution < -0.4 is 0 Å². The highest BCUT2D eigenvalue weighted by atomic mass is 32.1. The van der Waals surface area contributed by atoms with Crippen LogP contribution in [0.15, 0.2) is 174 Å². The third-order valence-corrected chi connectivity index (χ3v) is 10.7. The summed E-state index contributed by atoms with van der Waals surface area (Å²) in [7, 11) is 0. The Bertz CT molecular complexity index is 2850. The second-order valence-electron chi connectivity index (χ2n) is 12.5. The summed E-state index contributed by atoms with van der Waals surface area (Å²) in [6.45, 7) is 0. The van der Waals surface area contributed by atoms with E-state index in [1.54, 1.807) is 0 Å². The van der Waals surface area contributed by atoms with Gasteiger partial charge in [0.2, 0.25) is 0 Å². The summed E-state index contributed by atoms with van der Waals surface area (Å²) in [5.74, 6) is 0.629. The molecule has 234 valence electrons. The number of aromatic nitrogens is 2. The third kappa shape index (κ3) is 4.80. The fourth-order valence-electron chi connectivity index (χ4n) is 7.07. The maximum Gasteiger partial charge on any atom is 0.164 e. The lowest BCUT2D eigenvalue weighted by Gasteiger charge is -2.12. The average Bonchev–Trinajstić information content (AvgIpc) is 3.77. The summed E-state index contributed by atoms with van der Waals surface area (Å²) in [6, 6.07) is 59.5. The van der Waals surface area contributed by atoms with Gasteiger partial charge in [-0.3, -0.25) is 0 Å². The quantitative estimate of drug-likeness (QED) is 0.185. The zero-order valence-electron chi connectivity index (χ0n) is 26.9. The van der Waals surface area contributed by atoms with Gasteiger partial charge in [0.05, 0.1) is 17.0 Å². The van der Waals surface area contributed by atoms with Crippen LogP contribution in [0.25, 0.3) is 98.3 Å². The highest BCUT2D eigenvalue weighted by Crippen LogP contribution is 2.43. The molecule has 0 aliphatic heterocycles. The SMILES string of the molecule is c1ccc(-c2ccc(-c3cc(-c4ccccc4)nc(-c4ccc(-c5ccc6c(c5)sc5ccccc56)c5c4oc4ccccc45)n3)cc2)cc1. The lowest BCUT2D eigenvalue weighted by atomic mass is 9.96. The van der Waals surface area contributed by atoms with Gasteiger partial charge in [0.15, 0.2) is 5.82 Å². The van der Waals surface area contributed by atoms with Gasteiger partial charge >= 0.3 is 0 Å². The van der Waals surface area contributed by atoms with Crippen molar-refractivity contribution in [2.75, 3.05) is 0 Å². The standard InChI is InChI=1S/C46H28N2OS/c1-3-11-29(12-4-1)30-19-21-32(22-20-30)40-28-39(31-13-5-2-6-14-31)47-46(48-40)38-26-25-34(44-37-16-7-9-17-41(37)49-45(38)44)33-23-24-36-35-15-8-10-18-42(35)50-43(36)27-33/h1-28H. The summed E-state index contributed by atoms with van der Waals surface area (Å²) >= 11 is 1.84. The van der Waals surface area contributed by atoms with Crippen molar-refractivity contribution in [3.05, 3.63) is 170 Å². The van der Waals surface area contributed by atoms with Gasteiger partial charge in [0.1, 0.15) is 11.2 Å². The van der Waals surface area contributed by atoms with Crippen molar-refractivity contribution in [2.24, 2.45) is 0 Å². The maximum absolute atomic E-state index is 6.71. The summed E-state index contributed by atoms with van der Waals surface area (Å²) in [5, 5.41) is 4.73. The fourth-order valence-corrected chi connectivity index (χ4v) is 8.22. The van der Waals surface area contributed by atoms with Crippen LogP contribution in [-0.2, 0) is 0 Å². The summed E-state index contributed by atoms with van der Waals surface area (Å²) in [6.07, 6.45) is 0. The fraction of sp³-hybridized carbons (Fsp3) is 0. The van der Waals surface area contributed by atoms with E-state index in [2.05, 4.69) is 133 Å². The monoisotopic (exact) mass is 656 g/mol. The van der Waals surface area contributed by atoms with Gasteiger partial charge in [-0.2, -0.15) is 0 Å². The molecule has 7 aromatic carbocycles. The van der Waals surface area contributed by atoms with E-state index < -0.39 is 0 Å².